The summed E-state index contributed by atoms with van der Waals surface area (Å²) >= 11 is 0. The molecule has 0 aromatic heterocycles. The zero-order valence-corrected chi connectivity index (χ0v) is 6.04. The lowest BCUT2D eigenvalue weighted by atomic mass is 9.95. The van der Waals surface area contributed by atoms with Gasteiger partial charge in [0, 0.05) is 5.92 Å². The predicted molar refractivity (Wildman–Crippen MR) is 35.7 cm³/mol. The molecular weight excluding hydrogens is 132 g/mol. The minimum atomic E-state index is -0.702. The predicted octanol–water partition coefficient (Wildman–Crippen LogP) is 0.744. The van der Waals surface area contributed by atoms with Crippen LogP contribution in [0.2, 0.25) is 0 Å². The normalized spacial score (nSPS) is 21.7. The van der Waals surface area contributed by atoms with Crippen molar-refractivity contribution in [2.75, 3.05) is 13.2 Å². The number of ether oxygens (including phenoxy) is 1. The molecule has 0 unspecified atom stereocenters. The van der Waals surface area contributed by atoms with Gasteiger partial charge in [0.1, 0.15) is 0 Å². The maximum atomic E-state index is 10.3. The van der Waals surface area contributed by atoms with E-state index in [1.54, 1.807) is 6.92 Å². The standard InChI is InChI=1S/C7H12O3/c1-5(7(8)9)2-6-3-10-4-6/h5-6H,2-4H2,1H3,(H,8,9)/t5-/m1/s1. The average Bonchev–Trinajstić information content (AvgIpc) is 1.77. The van der Waals surface area contributed by atoms with Crippen LogP contribution in [0.25, 0.3) is 0 Å². The Morgan fingerprint density at radius 2 is 2.40 bits per heavy atom. The first kappa shape index (κ1) is 7.54. The Morgan fingerprint density at radius 3 is 2.70 bits per heavy atom. The van der Waals surface area contributed by atoms with Crippen LogP contribution in [0.5, 0.6) is 0 Å². The van der Waals surface area contributed by atoms with E-state index in [0.717, 1.165) is 19.6 Å². The second-order valence-electron chi connectivity index (χ2n) is 2.88. The summed E-state index contributed by atoms with van der Waals surface area (Å²) in [6.45, 7) is 3.23. The van der Waals surface area contributed by atoms with Crippen LogP contribution in [0.1, 0.15) is 13.3 Å². The molecule has 1 saturated heterocycles. The van der Waals surface area contributed by atoms with Crippen LogP contribution in [-0.2, 0) is 9.53 Å². The van der Waals surface area contributed by atoms with Gasteiger partial charge in [-0.05, 0) is 6.42 Å². The number of carbonyl (C=O) groups is 1. The summed E-state index contributed by atoms with van der Waals surface area (Å²) in [5.41, 5.74) is 0. The van der Waals surface area contributed by atoms with Crippen molar-refractivity contribution in [3.05, 3.63) is 0 Å². The highest BCUT2D eigenvalue weighted by molar-refractivity contribution is 5.69. The van der Waals surface area contributed by atoms with Gasteiger partial charge in [-0.25, -0.2) is 0 Å². The molecule has 0 saturated carbocycles. The highest BCUT2D eigenvalue weighted by Gasteiger charge is 2.23. The highest BCUT2D eigenvalue weighted by Crippen LogP contribution is 2.19. The fourth-order valence-corrected chi connectivity index (χ4v) is 1.02. The minimum Gasteiger partial charge on any atom is -0.481 e. The van der Waals surface area contributed by atoms with Crippen molar-refractivity contribution < 1.29 is 14.6 Å². The number of carboxylic acid groups (broad SMARTS) is 1. The van der Waals surface area contributed by atoms with E-state index in [0.29, 0.717) is 5.92 Å². The van der Waals surface area contributed by atoms with Crippen molar-refractivity contribution in [2.45, 2.75) is 13.3 Å². The lowest BCUT2D eigenvalue weighted by molar-refractivity contribution is -0.143. The molecule has 3 heteroatoms. The van der Waals surface area contributed by atoms with Crippen LogP contribution in [0.15, 0.2) is 0 Å². The third-order valence-electron chi connectivity index (χ3n) is 1.82. The fraction of sp³-hybridized carbons (Fsp3) is 0.857. The van der Waals surface area contributed by atoms with E-state index in [2.05, 4.69) is 0 Å². The Morgan fingerprint density at radius 1 is 1.80 bits per heavy atom. The van der Waals surface area contributed by atoms with Gasteiger partial charge in [-0.2, -0.15) is 0 Å². The lowest BCUT2D eigenvalue weighted by Gasteiger charge is -2.27. The van der Waals surface area contributed by atoms with Gasteiger partial charge in [-0.15, -0.1) is 0 Å². The largest absolute Gasteiger partial charge is 0.481 e. The zero-order valence-electron chi connectivity index (χ0n) is 6.04. The molecule has 0 radical (unpaired) electrons. The second kappa shape index (κ2) is 3.01. The molecular formula is C7H12O3. The number of hydrogen-bond acceptors (Lipinski definition) is 2. The molecule has 0 amide bonds. The monoisotopic (exact) mass is 144 g/mol. The first-order valence-corrected chi connectivity index (χ1v) is 3.50. The van der Waals surface area contributed by atoms with Crippen molar-refractivity contribution in [1.29, 1.82) is 0 Å². The molecule has 0 aromatic rings. The summed E-state index contributed by atoms with van der Waals surface area (Å²) < 4.78 is 4.92. The molecule has 1 rings (SSSR count). The summed E-state index contributed by atoms with van der Waals surface area (Å²) in [7, 11) is 0. The van der Waals surface area contributed by atoms with Crippen LogP contribution >= 0.6 is 0 Å². The summed E-state index contributed by atoms with van der Waals surface area (Å²) in [6.07, 6.45) is 0.759. The summed E-state index contributed by atoms with van der Waals surface area (Å²) in [5, 5.41) is 8.51. The Labute approximate surface area is 60.0 Å². The van der Waals surface area contributed by atoms with Crippen molar-refractivity contribution >= 4 is 5.97 Å². The first-order chi connectivity index (χ1) is 4.70. The third kappa shape index (κ3) is 1.70. The SMILES string of the molecule is C[C@H](CC1COC1)C(=O)O. The molecule has 1 aliphatic rings. The summed E-state index contributed by atoms with van der Waals surface area (Å²) in [4.78, 5) is 10.3. The second-order valence-corrected chi connectivity index (χ2v) is 2.88. The fourth-order valence-electron chi connectivity index (χ4n) is 1.02. The van der Waals surface area contributed by atoms with Crippen molar-refractivity contribution in [3.8, 4) is 0 Å². The van der Waals surface area contributed by atoms with Crippen molar-refractivity contribution in [1.82, 2.24) is 0 Å². The number of carboxylic acids is 1. The Bertz CT molecular complexity index is 129. The van der Waals surface area contributed by atoms with Gasteiger partial charge in [0.05, 0.1) is 19.1 Å². The van der Waals surface area contributed by atoms with E-state index in [9.17, 15) is 4.79 Å². The Kier molecular flexibility index (Phi) is 2.27. The van der Waals surface area contributed by atoms with Gasteiger partial charge < -0.3 is 9.84 Å². The van der Waals surface area contributed by atoms with E-state index in [4.69, 9.17) is 9.84 Å². The van der Waals surface area contributed by atoms with Gasteiger partial charge in [-0.1, -0.05) is 6.92 Å². The molecule has 3 nitrogen and oxygen atoms in total. The topological polar surface area (TPSA) is 46.5 Å². The average molecular weight is 144 g/mol. The minimum absolute atomic E-state index is 0.214. The van der Waals surface area contributed by atoms with E-state index >= 15 is 0 Å². The molecule has 0 spiro atoms. The smallest absolute Gasteiger partial charge is 0.306 e. The first-order valence-electron chi connectivity index (χ1n) is 3.50. The molecule has 0 bridgehead atoms. The van der Waals surface area contributed by atoms with E-state index in [1.807, 2.05) is 0 Å². The summed E-state index contributed by atoms with van der Waals surface area (Å²) in [6, 6.07) is 0. The zero-order chi connectivity index (χ0) is 7.56. The molecule has 1 heterocycles. The highest BCUT2D eigenvalue weighted by atomic mass is 16.5. The van der Waals surface area contributed by atoms with E-state index < -0.39 is 5.97 Å². The van der Waals surface area contributed by atoms with Crippen molar-refractivity contribution in [2.24, 2.45) is 11.8 Å². The molecule has 0 aromatic carbocycles. The molecule has 0 aliphatic carbocycles. The van der Waals surface area contributed by atoms with Crippen LogP contribution in [0, 0.1) is 11.8 Å². The van der Waals surface area contributed by atoms with Gasteiger partial charge in [0.2, 0.25) is 0 Å². The van der Waals surface area contributed by atoms with E-state index in [1.165, 1.54) is 0 Å². The third-order valence-corrected chi connectivity index (χ3v) is 1.82. The van der Waals surface area contributed by atoms with E-state index in [-0.39, 0.29) is 5.92 Å². The van der Waals surface area contributed by atoms with Crippen LogP contribution in [-0.4, -0.2) is 24.3 Å². The van der Waals surface area contributed by atoms with Crippen LogP contribution < -0.4 is 0 Å². The molecule has 1 N–H and O–H groups in total. The quantitative estimate of drug-likeness (QED) is 0.635. The molecule has 1 fully saturated rings. The van der Waals surface area contributed by atoms with Crippen LogP contribution in [0.4, 0.5) is 0 Å². The molecule has 10 heavy (non-hydrogen) atoms. The summed E-state index contributed by atoms with van der Waals surface area (Å²) in [5.74, 6) is -0.424. The Hall–Kier alpha value is -0.570. The van der Waals surface area contributed by atoms with Gasteiger partial charge in [0.25, 0.3) is 0 Å². The molecule has 1 aliphatic heterocycles. The lowest BCUT2D eigenvalue weighted by Crippen LogP contribution is -2.30. The van der Waals surface area contributed by atoms with Gasteiger partial charge >= 0.3 is 5.97 Å². The van der Waals surface area contributed by atoms with Crippen LogP contribution in [0.3, 0.4) is 0 Å². The molecule has 1 atom stereocenters. The number of rotatable bonds is 3. The Balaban J connectivity index is 2.16. The van der Waals surface area contributed by atoms with Crippen molar-refractivity contribution in [3.63, 3.8) is 0 Å². The van der Waals surface area contributed by atoms with Gasteiger partial charge in [-0.3, -0.25) is 4.79 Å². The maximum Gasteiger partial charge on any atom is 0.306 e. The maximum absolute atomic E-state index is 10.3. The number of hydrogen-bond donors (Lipinski definition) is 1. The van der Waals surface area contributed by atoms with Gasteiger partial charge in [0.15, 0.2) is 0 Å². The molecule has 58 valence electrons. The number of aliphatic carboxylic acids is 1.